The molecule has 2 aliphatic rings. The number of hydrogen-bond donors (Lipinski definition) is 1. The van der Waals surface area contributed by atoms with E-state index in [1.807, 2.05) is 38.7 Å². The Labute approximate surface area is 251 Å². The summed E-state index contributed by atoms with van der Waals surface area (Å²) in [5.41, 5.74) is 0.776. The molecule has 0 unspecified atom stereocenters. The van der Waals surface area contributed by atoms with Gasteiger partial charge in [-0.25, -0.2) is 19.7 Å². The van der Waals surface area contributed by atoms with E-state index in [9.17, 15) is 22.8 Å². The second-order valence-corrected chi connectivity index (χ2v) is 13.3. The zero-order valence-corrected chi connectivity index (χ0v) is 25.4. The predicted molar refractivity (Wildman–Crippen MR) is 154 cm³/mol. The van der Waals surface area contributed by atoms with Crippen molar-refractivity contribution < 1.29 is 32.2 Å². The highest BCUT2D eigenvalue weighted by Gasteiger charge is 2.45. The van der Waals surface area contributed by atoms with Gasteiger partial charge in [-0.1, -0.05) is 0 Å². The highest BCUT2D eigenvalue weighted by molar-refractivity contribution is 7.14. The van der Waals surface area contributed by atoms with E-state index >= 15 is 0 Å². The molecule has 2 aliphatic heterocycles. The van der Waals surface area contributed by atoms with Gasteiger partial charge in [-0.2, -0.15) is 13.2 Å². The normalized spacial score (nSPS) is 20.9. The summed E-state index contributed by atoms with van der Waals surface area (Å²) in [7, 11) is 0. The van der Waals surface area contributed by atoms with Crippen LogP contribution in [0.3, 0.4) is 0 Å². The number of nitrogens with zero attached hydrogens (tertiary/aromatic N) is 4. The number of benzene rings is 1. The topological polar surface area (TPSA) is 107 Å². The number of hydrogen-bond acceptors (Lipinski definition) is 8. The third-order valence-electron chi connectivity index (χ3n) is 7.41. The summed E-state index contributed by atoms with van der Waals surface area (Å²) in [5, 5.41) is 3.54. The van der Waals surface area contributed by atoms with Gasteiger partial charge in [0.2, 0.25) is 5.82 Å². The van der Waals surface area contributed by atoms with Crippen molar-refractivity contribution in [3.8, 4) is 16.3 Å². The van der Waals surface area contributed by atoms with Crippen LogP contribution in [-0.2, 0) is 10.9 Å². The molecule has 43 heavy (non-hydrogen) atoms. The molecule has 2 saturated heterocycles. The Balaban J connectivity index is 1.34. The maximum absolute atomic E-state index is 13.4. The van der Waals surface area contributed by atoms with Crippen LogP contribution in [0, 0.1) is 6.92 Å². The number of piperidine rings is 1. The Bertz CT molecular complexity index is 1470. The summed E-state index contributed by atoms with van der Waals surface area (Å²) in [6, 6.07) is 4.58. The third kappa shape index (κ3) is 7.26. The molecule has 1 aromatic carbocycles. The fourth-order valence-corrected chi connectivity index (χ4v) is 6.26. The van der Waals surface area contributed by atoms with Crippen LogP contribution in [-0.4, -0.2) is 55.6 Å². The second kappa shape index (κ2) is 11.7. The smallest absolute Gasteiger partial charge is 0.451 e. The quantitative estimate of drug-likeness (QED) is 0.327. The molecule has 9 nitrogen and oxygen atoms in total. The lowest BCUT2D eigenvalue weighted by Gasteiger charge is -2.39. The van der Waals surface area contributed by atoms with Crippen molar-refractivity contribution in [2.24, 2.45) is 0 Å². The van der Waals surface area contributed by atoms with Crippen LogP contribution in [0.15, 0.2) is 36.8 Å². The van der Waals surface area contributed by atoms with Gasteiger partial charge >= 0.3 is 12.3 Å². The maximum atomic E-state index is 13.4. The number of nitrogens with one attached hydrogen (secondary N) is 1. The van der Waals surface area contributed by atoms with Gasteiger partial charge in [-0.05, 0) is 65.7 Å². The SMILES string of the molecule is Cc1cnc(-c2cc(O[C@@H]3C[C@H]4CC[C@@H](C3)N4C(=O)OC(C)(C)C)cc(C(=O)N[C@H](C)c3cnc(C(F)(F)F)nc3)c2)s1. The Morgan fingerprint density at radius 3 is 2.23 bits per heavy atom. The van der Waals surface area contributed by atoms with Crippen LogP contribution in [0.4, 0.5) is 18.0 Å². The van der Waals surface area contributed by atoms with Gasteiger partial charge < -0.3 is 19.7 Å². The predicted octanol–water partition coefficient (Wildman–Crippen LogP) is 6.73. The monoisotopic (exact) mass is 617 g/mol. The molecular formula is C30H34F3N5O4S. The molecule has 2 bridgehead atoms. The van der Waals surface area contributed by atoms with Gasteiger partial charge in [0.25, 0.3) is 5.91 Å². The zero-order valence-electron chi connectivity index (χ0n) is 24.6. The van der Waals surface area contributed by atoms with Gasteiger partial charge in [-0.3, -0.25) is 4.79 Å². The minimum Gasteiger partial charge on any atom is -0.490 e. The largest absolute Gasteiger partial charge is 0.490 e. The number of carbonyl (C=O) groups excluding carboxylic acids is 2. The van der Waals surface area contributed by atoms with E-state index in [2.05, 4.69) is 20.3 Å². The summed E-state index contributed by atoms with van der Waals surface area (Å²) in [6.45, 7) is 9.14. The molecule has 0 radical (unpaired) electrons. The molecule has 4 atom stereocenters. The number of amides is 2. The molecule has 1 N–H and O–H groups in total. The Morgan fingerprint density at radius 1 is 1.02 bits per heavy atom. The molecule has 4 heterocycles. The molecule has 0 spiro atoms. The first-order chi connectivity index (χ1) is 20.2. The van der Waals surface area contributed by atoms with Gasteiger partial charge in [-0.15, -0.1) is 11.3 Å². The Hall–Kier alpha value is -3.74. The molecular weight excluding hydrogens is 583 g/mol. The van der Waals surface area contributed by atoms with Crippen molar-refractivity contribution >= 4 is 23.3 Å². The summed E-state index contributed by atoms with van der Waals surface area (Å²) in [5.74, 6) is -1.18. The molecule has 0 saturated carbocycles. The van der Waals surface area contributed by atoms with Crippen LogP contribution < -0.4 is 10.1 Å². The number of thiazole rings is 1. The van der Waals surface area contributed by atoms with E-state index in [1.54, 1.807) is 25.3 Å². The number of alkyl halides is 3. The average molecular weight is 618 g/mol. The number of rotatable bonds is 6. The van der Waals surface area contributed by atoms with Crippen molar-refractivity contribution in [3.63, 3.8) is 0 Å². The lowest BCUT2D eigenvalue weighted by Crippen LogP contribution is -2.50. The molecule has 2 aromatic heterocycles. The minimum atomic E-state index is -4.65. The summed E-state index contributed by atoms with van der Waals surface area (Å²) in [6.07, 6.45) is 1.79. The fraction of sp³-hybridized carbons (Fsp3) is 0.500. The van der Waals surface area contributed by atoms with E-state index in [0.717, 1.165) is 35.1 Å². The number of fused-ring (bicyclic) bond motifs is 2. The highest BCUT2D eigenvalue weighted by atomic mass is 32.1. The zero-order chi connectivity index (χ0) is 31.1. The molecule has 3 aromatic rings. The first kappa shape index (κ1) is 30.7. The molecule has 2 fully saturated rings. The van der Waals surface area contributed by atoms with E-state index < -0.39 is 29.6 Å². The van der Waals surface area contributed by atoms with Crippen molar-refractivity contribution in [3.05, 3.63) is 58.6 Å². The molecule has 0 aliphatic carbocycles. The van der Waals surface area contributed by atoms with E-state index in [4.69, 9.17) is 9.47 Å². The molecule has 13 heteroatoms. The first-order valence-corrected chi connectivity index (χ1v) is 14.9. The lowest BCUT2D eigenvalue weighted by molar-refractivity contribution is -0.145. The fourth-order valence-electron chi connectivity index (χ4n) is 5.51. The number of aryl methyl sites for hydroxylation is 1. The number of halogens is 3. The van der Waals surface area contributed by atoms with Crippen molar-refractivity contribution in [2.75, 3.05) is 0 Å². The molecule has 5 rings (SSSR count). The van der Waals surface area contributed by atoms with Crippen molar-refractivity contribution in [1.82, 2.24) is 25.2 Å². The summed E-state index contributed by atoms with van der Waals surface area (Å²) in [4.78, 5) is 40.4. The van der Waals surface area contributed by atoms with E-state index in [-0.39, 0.29) is 24.3 Å². The maximum Gasteiger partial charge on any atom is 0.451 e. The third-order valence-corrected chi connectivity index (χ3v) is 8.37. The van der Waals surface area contributed by atoms with Crippen LogP contribution in [0.5, 0.6) is 5.75 Å². The number of ether oxygens (including phenoxy) is 2. The standard InChI is InChI=1S/C30H34F3N5O4S/c1-16-13-34-26(43-16)19-8-18(25(39)37-17(2)20-14-35-27(36-15-20)30(31,32)33)9-23(10-19)41-24-11-21-6-7-22(12-24)38(21)28(40)42-29(3,4)5/h8-10,13-15,17,21-22,24H,6-7,11-12H2,1-5H3,(H,37,39)/t17-,21-,22+,24-/m1/s1. The van der Waals surface area contributed by atoms with Crippen LogP contribution in [0.25, 0.3) is 10.6 Å². The van der Waals surface area contributed by atoms with Gasteiger partial charge in [0, 0.05) is 65.1 Å². The summed E-state index contributed by atoms with van der Waals surface area (Å²) >= 11 is 1.48. The Morgan fingerprint density at radius 2 is 1.67 bits per heavy atom. The van der Waals surface area contributed by atoms with Crippen molar-refractivity contribution in [1.29, 1.82) is 0 Å². The van der Waals surface area contributed by atoms with Gasteiger partial charge in [0.05, 0.1) is 6.04 Å². The van der Waals surface area contributed by atoms with Crippen LogP contribution >= 0.6 is 11.3 Å². The van der Waals surface area contributed by atoms with E-state index in [1.165, 1.54) is 11.3 Å². The first-order valence-electron chi connectivity index (χ1n) is 14.1. The van der Waals surface area contributed by atoms with Gasteiger partial charge in [0.1, 0.15) is 22.5 Å². The number of carbonyl (C=O) groups is 2. The van der Waals surface area contributed by atoms with Crippen LogP contribution in [0.2, 0.25) is 0 Å². The minimum absolute atomic E-state index is 0.0120. The second-order valence-electron chi connectivity index (χ2n) is 12.0. The van der Waals surface area contributed by atoms with Gasteiger partial charge in [0.15, 0.2) is 0 Å². The molecule has 2 amide bonds. The number of aromatic nitrogens is 3. The van der Waals surface area contributed by atoms with E-state index in [0.29, 0.717) is 35.3 Å². The lowest BCUT2D eigenvalue weighted by atomic mass is 10.00. The summed E-state index contributed by atoms with van der Waals surface area (Å²) < 4.78 is 50.7. The molecule has 230 valence electrons. The van der Waals surface area contributed by atoms with Crippen LogP contribution in [0.1, 0.15) is 86.0 Å². The Kier molecular flexibility index (Phi) is 8.39. The van der Waals surface area contributed by atoms with Crippen molar-refractivity contribution in [2.45, 2.75) is 96.3 Å². The average Bonchev–Trinajstić information content (AvgIpc) is 3.47. The highest BCUT2D eigenvalue weighted by Crippen LogP contribution is 2.39.